The number of aromatic amines is 1. The van der Waals surface area contributed by atoms with Crippen molar-refractivity contribution in [3.05, 3.63) is 100.0 Å². The van der Waals surface area contributed by atoms with E-state index in [4.69, 9.17) is 0 Å². The topological polar surface area (TPSA) is 65.2 Å². The van der Waals surface area contributed by atoms with E-state index in [2.05, 4.69) is 10.2 Å². The van der Waals surface area contributed by atoms with Gasteiger partial charge in [0.05, 0.1) is 11.1 Å². The lowest BCUT2D eigenvalue weighted by Gasteiger charge is -2.20. The van der Waals surface area contributed by atoms with Gasteiger partial charge < -0.3 is 15.2 Å². The average Bonchev–Trinajstić information content (AvgIpc) is 3.33. The summed E-state index contributed by atoms with van der Waals surface area (Å²) >= 11 is 0. The first-order valence-electron chi connectivity index (χ1n) is 10.3. The maximum Gasteiger partial charge on any atom is 0.417 e. The molecule has 3 aromatic rings. The van der Waals surface area contributed by atoms with Crippen LogP contribution in [0.15, 0.2) is 77.7 Å². The van der Waals surface area contributed by atoms with Crippen molar-refractivity contribution < 1.29 is 18.0 Å². The number of rotatable bonds is 4. The molecule has 1 aliphatic rings. The molecule has 0 saturated carbocycles. The molecule has 0 spiro atoms. The summed E-state index contributed by atoms with van der Waals surface area (Å²) in [4.78, 5) is 27.0. The van der Waals surface area contributed by atoms with Gasteiger partial charge in [-0.3, -0.25) is 9.59 Å². The van der Waals surface area contributed by atoms with Gasteiger partial charge in [0.2, 0.25) is 5.56 Å². The van der Waals surface area contributed by atoms with Crippen LogP contribution in [-0.4, -0.2) is 24.0 Å². The molecule has 168 valence electrons. The van der Waals surface area contributed by atoms with E-state index in [1.54, 1.807) is 0 Å². The minimum absolute atomic E-state index is 0.00125. The number of carbonyl (C=O) groups excluding carboxylic acids is 1. The highest BCUT2D eigenvalue weighted by Crippen LogP contribution is 2.27. The second-order valence-electron chi connectivity index (χ2n) is 7.32. The van der Waals surface area contributed by atoms with Crippen LogP contribution in [0.1, 0.15) is 34.3 Å². The number of hydrogen-bond donors (Lipinski definition) is 2. The fourth-order valence-corrected chi connectivity index (χ4v) is 3.36. The van der Waals surface area contributed by atoms with E-state index in [9.17, 15) is 22.8 Å². The van der Waals surface area contributed by atoms with Crippen molar-refractivity contribution >= 4 is 11.6 Å². The maximum absolute atomic E-state index is 12.5. The fraction of sp³-hybridized carbons (Fsp3) is 0.250. The van der Waals surface area contributed by atoms with Gasteiger partial charge in [0.1, 0.15) is 0 Å². The van der Waals surface area contributed by atoms with Gasteiger partial charge in [-0.15, -0.1) is 0 Å². The minimum atomic E-state index is -4.38. The van der Waals surface area contributed by atoms with Crippen LogP contribution in [0.4, 0.5) is 18.9 Å². The summed E-state index contributed by atoms with van der Waals surface area (Å²) in [6, 6.07) is 19.4. The molecule has 2 N–H and O–H groups in total. The van der Waals surface area contributed by atoms with Crippen molar-refractivity contribution in [2.24, 2.45) is 0 Å². The Balaban J connectivity index is 0.000000222. The number of pyridine rings is 1. The van der Waals surface area contributed by atoms with Crippen molar-refractivity contribution in [2.45, 2.75) is 25.6 Å². The summed E-state index contributed by atoms with van der Waals surface area (Å²) in [5.74, 6) is 0.00125. The van der Waals surface area contributed by atoms with Crippen LogP contribution < -0.4 is 15.8 Å². The normalized spacial score (nSPS) is 13.3. The molecule has 32 heavy (non-hydrogen) atoms. The second-order valence-corrected chi connectivity index (χ2v) is 7.32. The number of para-hydroxylation sites is 1. The van der Waals surface area contributed by atoms with Crippen LogP contribution in [-0.2, 0) is 12.7 Å². The zero-order chi connectivity index (χ0) is 23.0. The second kappa shape index (κ2) is 10.7. The van der Waals surface area contributed by atoms with Gasteiger partial charge in [-0.05, 0) is 36.6 Å². The van der Waals surface area contributed by atoms with Gasteiger partial charge in [0.25, 0.3) is 5.91 Å². The fourth-order valence-electron chi connectivity index (χ4n) is 3.36. The standard InChI is InChI=1S/C18H20N2O.C6H4F3NO/c21-18(19-14-15-8-2-1-3-9-15)16-10-4-5-11-17(16)20-12-6-7-13-20;7-6(8,9)4-1-2-5(11)10-3-4/h1-5,8-11H,6-7,12-14H2,(H,19,21);1-3H,(H,10,11). The first-order valence-corrected chi connectivity index (χ1v) is 10.3. The number of benzene rings is 2. The summed E-state index contributed by atoms with van der Waals surface area (Å²) in [7, 11) is 0. The predicted octanol–water partition coefficient (Wildman–Crippen LogP) is 4.61. The van der Waals surface area contributed by atoms with E-state index in [-0.39, 0.29) is 5.91 Å². The number of H-pyrrole nitrogens is 1. The van der Waals surface area contributed by atoms with Gasteiger partial charge in [0, 0.05) is 37.6 Å². The predicted molar refractivity (Wildman–Crippen MR) is 118 cm³/mol. The first kappa shape index (κ1) is 23.1. The number of alkyl halides is 3. The van der Waals surface area contributed by atoms with Crippen molar-refractivity contribution in [2.75, 3.05) is 18.0 Å². The van der Waals surface area contributed by atoms with Gasteiger partial charge in [-0.2, -0.15) is 13.2 Å². The summed E-state index contributed by atoms with van der Waals surface area (Å²) in [6.45, 7) is 2.65. The number of amides is 1. The van der Waals surface area contributed by atoms with E-state index in [0.717, 1.165) is 42.0 Å². The van der Waals surface area contributed by atoms with E-state index in [1.165, 1.54) is 12.8 Å². The SMILES string of the molecule is O=C(NCc1ccccc1)c1ccccc1N1CCCC1.O=c1ccc(C(F)(F)F)c[nH]1. The molecule has 1 aliphatic heterocycles. The smallest absolute Gasteiger partial charge is 0.371 e. The molecule has 0 aliphatic carbocycles. The molecule has 0 bridgehead atoms. The Morgan fingerprint density at radius 1 is 0.938 bits per heavy atom. The van der Waals surface area contributed by atoms with Gasteiger partial charge in [0.15, 0.2) is 0 Å². The Labute approximate surface area is 183 Å². The highest BCUT2D eigenvalue weighted by Gasteiger charge is 2.30. The molecular weight excluding hydrogens is 419 g/mol. The molecule has 8 heteroatoms. The number of carbonyl (C=O) groups is 1. The summed E-state index contributed by atoms with van der Waals surface area (Å²) in [6.07, 6.45) is -1.33. The van der Waals surface area contributed by atoms with Crippen LogP contribution >= 0.6 is 0 Å². The number of halogens is 3. The molecule has 4 rings (SSSR count). The Bertz CT molecular complexity index is 1060. The van der Waals surface area contributed by atoms with Crippen LogP contribution in [0.3, 0.4) is 0 Å². The lowest BCUT2D eigenvalue weighted by atomic mass is 10.1. The minimum Gasteiger partial charge on any atom is -0.371 e. The molecular formula is C24H24F3N3O2. The molecule has 1 fully saturated rings. The van der Waals surface area contributed by atoms with E-state index in [0.29, 0.717) is 12.7 Å². The monoisotopic (exact) mass is 443 g/mol. The Morgan fingerprint density at radius 3 is 2.22 bits per heavy atom. The van der Waals surface area contributed by atoms with Crippen molar-refractivity contribution in [1.29, 1.82) is 0 Å². The molecule has 1 saturated heterocycles. The highest BCUT2D eigenvalue weighted by molar-refractivity contribution is 5.99. The van der Waals surface area contributed by atoms with Crippen LogP contribution in [0.25, 0.3) is 0 Å². The molecule has 2 aromatic carbocycles. The Kier molecular flexibility index (Phi) is 7.70. The third-order valence-corrected chi connectivity index (χ3v) is 5.00. The summed E-state index contributed by atoms with van der Waals surface area (Å²) in [5.41, 5.74) is 1.55. The van der Waals surface area contributed by atoms with E-state index >= 15 is 0 Å². The molecule has 0 radical (unpaired) electrons. The quantitative estimate of drug-likeness (QED) is 0.619. The molecule has 5 nitrogen and oxygen atoms in total. The van der Waals surface area contributed by atoms with Gasteiger partial charge >= 0.3 is 6.18 Å². The highest BCUT2D eigenvalue weighted by atomic mass is 19.4. The van der Waals surface area contributed by atoms with E-state index in [1.807, 2.05) is 59.6 Å². The maximum atomic E-state index is 12.5. The van der Waals surface area contributed by atoms with Crippen LogP contribution in [0, 0.1) is 0 Å². The van der Waals surface area contributed by atoms with Crippen molar-refractivity contribution in [3.8, 4) is 0 Å². The van der Waals surface area contributed by atoms with Crippen molar-refractivity contribution in [3.63, 3.8) is 0 Å². The zero-order valence-corrected chi connectivity index (χ0v) is 17.4. The summed E-state index contributed by atoms with van der Waals surface area (Å²) < 4.78 is 35.4. The zero-order valence-electron chi connectivity index (χ0n) is 17.4. The average molecular weight is 443 g/mol. The molecule has 1 aromatic heterocycles. The lowest BCUT2D eigenvalue weighted by Crippen LogP contribution is -2.27. The number of aromatic nitrogens is 1. The number of nitrogens with one attached hydrogen (secondary N) is 2. The molecule has 0 unspecified atom stereocenters. The number of hydrogen-bond acceptors (Lipinski definition) is 3. The number of nitrogens with zero attached hydrogens (tertiary/aromatic N) is 1. The van der Waals surface area contributed by atoms with Crippen LogP contribution in [0.5, 0.6) is 0 Å². The molecule has 0 atom stereocenters. The van der Waals surface area contributed by atoms with Gasteiger partial charge in [-0.25, -0.2) is 0 Å². The Hall–Kier alpha value is -3.55. The first-order chi connectivity index (χ1) is 15.3. The number of anilines is 1. The molecule has 2 heterocycles. The third-order valence-electron chi connectivity index (χ3n) is 5.00. The van der Waals surface area contributed by atoms with Crippen molar-refractivity contribution in [1.82, 2.24) is 10.3 Å². The van der Waals surface area contributed by atoms with E-state index < -0.39 is 17.3 Å². The largest absolute Gasteiger partial charge is 0.417 e. The third kappa shape index (κ3) is 6.47. The Morgan fingerprint density at radius 2 is 1.59 bits per heavy atom. The lowest BCUT2D eigenvalue weighted by molar-refractivity contribution is -0.137. The van der Waals surface area contributed by atoms with Crippen LogP contribution in [0.2, 0.25) is 0 Å². The van der Waals surface area contributed by atoms with Gasteiger partial charge in [-0.1, -0.05) is 42.5 Å². The molecule has 1 amide bonds. The summed E-state index contributed by atoms with van der Waals surface area (Å²) in [5, 5.41) is 3.01.